The van der Waals surface area contributed by atoms with Gasteiger partial charge in [0.15, 0.2) is 5.25 Å². The second-order valence-corrected chi connectivity index (χ2v) is 5.81. The molecule has 86 valence electrons. The molecule has 1 aliphatic rings. The number of hydrogen-bond donors (Lipinski definition) is 1. The molecule has 0 aliphatic carbocycles. The van der Waals surface area contributed by atoms with Crippen LogP contribution in [0.4, 0.5) is 0 Å². The molecule has 0 aromatic heterocycles. The Balaban J connectivity index is 2.39. The van der Waals surface area contributed by atoms with Gasteiger partial charge >= 0.3 is 0 Å². The van der Waals surface area contributed by atoms with Gasteiger partial charge < -0.3 is 4.74 Å². The van der Waals surface area contributed by atoms with Crippen LogP contribution in [0.3, 0.4) is 0 Å². The van der Waals surface area contributed by atoms with Crippen LogP contribution in [0.5, 0.6) is 0 Å². The fraction of sp³-hybridized carbons (Fsp3) is 0.889. The molecule has 1 rings (SSSR count). The summed E-state index contributed by atoms with van der Waals surface area (Å²) in [5, 5.41) is 7.53. The Bertz CT molecular complexity index is 328. The van der Waals surface area contributed by atoms with E-state index in [0.717, 1.165) is 12.8 Å². The highest BCUT2D eigenvalue weighted by atomic mass is 32.2. The average molecular weight is 232 g/mol. The molecule has 0 aromatic rings. The van der Waals surface area contributed by atoms with Gasteiger partial charge in [-0.05, 0) is 25.7 Å². The minimum Gasteiger partial charge on any atom is -0.381 e. The van der Waals surface area contributed by atoms with Crippen molar-refractivity contribution in [2.75, 3.05) is 19.8 Å². The van der Waals surface area contributed by atoms with Gasteiger partial charge in [-0.2, -0.15) is 5.26 Å². The Morgan fingerprint density at radius 1 is 1.53 bits per heavy atom. The summed E-state index contributed by atoms with van der Waals surface area (Å²) in [6.45, 7) is 3.18. The molecular formula is C9H16N2O3S. The van der Waals surface area contributed by atoms with Gasteiger partial charge in [0.25, 0.3) is 0 Å². The Morgan fingerprint density at radius 3 is 2.67 bits per heavy atom. The number of nitrogens with one attached hydrogen (secondary N) is 1. The van der Waals surface area contributed by atoms with Crippen molar-refractivity contribution in [1.82, 2.24) is 4.72 Å². The number of sulfonamides is 1. The molecule has 1 saturated heterocycles. The van der Waals surface area contributed by atoms with Gasteiger partial charge in [0.1, 0.15) is 0 Å². The molecule has 0 amide bonds. The molecule has 0 saturated carbocycles. The lowest BCUT2D eigenvalue weighted by atomic mass is 10.0. The smallest absolute Gasteiger partial charge is 0.227 e. The molecular weight excluding hydrogens is 216 g/mol. The van der Waals surface area contributed by atoms with Crippen molar-refractivity contribution in [2.45, 2.75) is 25.0 Å². The summed E-state index contributed by atoms with van der Waals surface area (Å²) >= 11 is 0. The average Bonchev–Trinajstić information content (AvgIpc) is 2.27. The quantitative estimate of drug-likeness (QED) is 0.753. The molecule has 6 heteroatoms. The molecule has 0 spiro atoms. The Morgan fingerprint density at radius 2 is 2.13 bits per heavy atom. The van der Waals surface area contributed by atoms with Gasteiger partial charge in [0, 0.05) is 19.8 Å². The number of rotatable bonds is 4. The van der Waals surface area contributed by atoms with Gasteiger partial charge in [-0.3, -0.25) is 0 Å². The van der Waals surface area contributed by atoms with E-state index in [4.69, 9.17) is 10.00 Å². The van der Waals surface area contributed by atoms with Crippen molar-refractivity contribution in [3.8, 4) is 6.07 Å². The zero-order valence-electron chi connectivity index (χ0n) is 8.77. The highest BCUT2D eigenvalue weighted by Gasteiger charge is 2.22. The molecule has 1 heterocycles. The van der Waals surface area contributed by atoms with Crippen molar-refractivity contribution >= 4 is 10.0 Å². The maximum atomic E-state index is 11.4. The van der Waals surface area contributed by atoms with Crippen LogP contribution in [-0.2, 0) is 14.8 Å². The topological polar surface area (TPSA) is 79.2 Å². The van der Waals surface area contributed by atoms with Gasteiger partial charge in [0.05, 0.1) is 6.07 Å². The minimum absolute atomic E-state index is 0.333. The van der Waals surface area contributed by atoms with E-state index in [1.54, 1.807) is 6.07 Å². The fourth-order valence-electron chi connectivity index (χ4n) is 1.38. The zero-order valence-corrected chi connectivity index (χ0v) is 9.59. The van der Waals surface area contributed by atoms with Crippen molar-refractivity contribution in [1.29, 1.82) is 5.26 Å². The maximum Gasteiger partial charge on any atom is 0.227 e. The SMILES string of the molecule is CC(C#N)S(=O)(=O)NCC1CCOCC1. The lowest BCUT2D eigenvalue weighted by Crippen LogP contribution is -2.36. The summed E-state index contributed by atoms with van der Waals surface area (Å²) in [6.07, 6.45) is 1.76. The third-order valence-electron chi connectivity index (χ3n) is 2.56. The van der Waals surface area contributed by atoms with Crippen molar-refractivity contribution in [3.05, 3.63) is 0 Å². The summed E-state index contributed by atoms with van der Waals surface area (Å²) < 4.78 is 30.5. The standard InChI is InChI=1S/C9H16N2O3S/c1-8(6-10)15(12,13)11-7-9-2-4-14-5-3-9/h8-9,11H,2-5,7H2,1H3. The van der Waals surface area contributed by atoms with E-state index >= 15 is 0 Å². The molecule has 1 N–H and O–H groups in total. The molecule has 1 fully saturated rings. The van der Waals surface area contributed by atoms with Crippen molar-refractivity contribution < 1.29 is 13.2 Å². The Hall–Kier alpha value is -0.640. The van der Waals surface area contributed by atoms with E-state index in [-0.39, 0.29) is 0 Å². The minimum atomic E-state index is -3.46. The van der Waals surface area contributed by atoms with E-state index in [1.807, 2.05) is 0 Å². The number of ether oxygens (including phenoxy) is 1. The lowest BCUT2D eigenvalue weighted by Gasteiger charge is -2.22. The summed E-state index contributed by atoms with van der Waals surface area (Å²) in [5.74, 6) is 0.333. The lowest BCUT2D eigenvalue weighted by molar-refractivity contribution is 0.0678. The number of nitriles is 1. The monoisotopic (exact) mass is 232 g/mol. The fourth-order valence-corrected chi connectivity index (χ4v) is 2.24. The first kappa shape index (κ1) is 12.4. The molecule has 5 nitrogen and oxygen atoms in total. The molecule has 0 radical (unpaired) electrons. The van der Waals surface area contributed by atoms with E-state index in [1.165, 1.54) is 6.92 Å². The molecule has 0 aromatic carbocycles. The summed E-state index contributed by atoms with van der Waals surface area (Å²) in [6, 6.07) is 1.72. The van der Waals surface area contributed by atoms with Crippen LogP contribution in [0, 0.1) is 17.2 Å². The molecule has 1 unspecified atom stereocenters. The van der Waals surface area contributed by atoms with Crippen LogP contribution in [0.15, 0.2) is 0 Å². The number of nitrogens with zero attached hydrogens (tertiary/aromatic N) is 1. The van der Waals surface area contributed by atoms with Crippen molar-refractivity contribution in [3.63, 3.8) is 0 Å². The van der Waals surface area contributed by atoms with Crippen LogP contribution in [0.25, 0.3) is 0 Å². The van der Waals surface area contributed by atoms with Gasteiger partial charge in [-0.25, -0.2) is 13.1 Å². The van der Waals surface area contributed by atoms with Gasteiger partial charge in [0.2, 0.25) is 10.0 Å². The van der Waals surface area contributed by atoms with Gasteiger partial charge in [-0.1, -0.05) is 0 Å². The first-order valence-corrected chi connectivity index (χ1v) is 6.56. The first-order chi connectivity index (χ1) is 7.06. The summed E-state index contributed by atoms with van der Waals surface area (Å²) in [5.41, 5.74) is 0. The van der Waals surface area contributed by atoms with Crippen LogP contribution in [-0.4, -0.2) is 33.4 Å². The predicted molar refractivity (Wildman–Crippen MR) is 55.5 cm³/mol. The van der Waals surface area contributed by atoms with Crippen LogP contribution in [0.2, 0.25) is 0 Å². The highest BCUT2D eigenvalue weighted by molar-refractivity contribution is 7.90. The first-order valence-electron chi connectivity index (χ1n) is 5.02. The zero-order chi connectivity index (χ0) is 11.3. The maximum absolute atomic E-state index is 11.4. The Labute approximate surface area is 90.5 Å². The second kappa shape index (κ2) is 5.45. The number of hydrogen-bond acceptors (Lipinski definition) is 4. The molecule has 1 atom stereocenters. The van der Waals surface area contributed by atoms with E-state index < -0.39 is 15.3 Å². The van der Waals surface area contributed by atoms with E-state index in [2.05, 4.69) is 4.72 Å². The van der Waals surface area contributed by atoms with Crippen LogP contribution >= 0.6 is 0 Å². The van der Waals surface area contributed by atoms with Crippen LogP contribution in [0.1, 0.15) is 19.8 Å². The van der Waals surface area contributed by atoms with Crippen molar-refractivity contribution in [2.24, 2.45) is 5.92 Å². The molecule has 1 aliphatic heterocycles. The third-order valence-corrected chi connectivity index (χ3v) is 4.17. The highest BCUT2D eigenvalue weighted by Crippen LogP contribution is 2.13. The van der Waals surface area contributed by atoms with E-state index in [0.29, 0.717) is 25.7 Å². The van der Waals surface area contributed by atoms with Crippen LogP contribution < -0.4 is 4.72 Å². The second-order valence-electron chi connectivity index (χ2n) is 3.72. The molecule has 15 heavy (non-hydrogen) atoms. The third kappa shape index (κ3) is 3.78. The summed E-state index contributed by atoms with van der Waals surface area (Å²) in [4.78, 5) is 0. The van der Waals surface area contributed by atoms with Gasteiger partial charge in [-0.15, -0.1) is 0 Å². The normalized spacial score (nSPS) is 20.8. The molecule has 0 bridgehead atoms. The summed E-state index contributed by atoms with van der Waals surface area (Å²) in [7, 11) is -3.46. The van der Waals surface area contributed by atoms with E-state index in [9.17, 15) is 8.42 Å². The predicted octanol–water partition coefficient (Wildman–Crippen LogP) is 0.244. The Kier molecular flexibility index (Phi) is 4.51. The largest absolute Gasteiger partial charge is 0.381 e.